The lowest BCUT2D eigenvalue weighted by Crippen LogP contribution is -2.31. The van der Waals surface area contributed by atoms with Crippen LogP contribution in [0.3, 0.4) is 0 Å². The minimum Gasteiger partial charge on any atom is -0.503 e. The molecule has 0 N–H and O–H groups in total. The largest absolute Gasteiger partial charge is 0.503 e. The quantitative estimate of drug-likeness (QED) is 0.284. The molecular weight excluding hydrogens is 355 g/mol. The molecular formula is C22H27AlO4. The number of ether oxygens (including phenoxy) is 3. The maximum atomic E-state index is 12.8. The molecule has 0 saturated carbocycles. The molecule has 0 heterocycles. The Hall–Kier alpha value is -2.22. The number of carbonyl (C=O) groups is 1. The summed E-state index contributed by atoms with van der Waals surface area (Å²) in [6.45, 7) is 4.24. The maximum Gasteiger partial charge on any atom is 0.283 e. The zero-order chi connectivity index (χ0) is 19.9. The third-order valence-corrected chi connectivity index (χ3v) is 6.48. The fourth-order valence-electron chi connectivity index (χ4n) is 2.54. The van der Waals surface area contributed by atoms with Gasteiger partial charge in [-0.3, -0.25) is 4.79 Å². The normalized spacial score (nSPS) is 11.8. The van der Waals surface area contributed by atoms with Crippen molar-refractivity contribution in [2.24, 2.45) is 0 Å². The van der Waals surface area contributed by atoms with Crippen LogP contribution in [0.25, 0.3) is 5.76 Å². The third kappa shape index (κ3) is 5.63. The van der Waals surface area contributed by atoms with E-state index in [-0.39, 0.29) is 10.2 Å². The molecule has 0 aliphatic rings. The Labute approximate surface area is 169 Å². The van der Waals surface area contributed by atoms with E-state index in [9.17, 15) is 4.79 Å². The Morgan fingerprint density at radius 1 is 0.889 bits per heavy atom. The molecule has 4 nitrogen and oxygen atoms in total. The molecule has 0 amide bonds. The smallest absolute Gasteiger partial charge is 0.283 e. The minimum absolute atomic E-state index is 0.0975. The molecule has 2 rings (SSSR count). The molecule has 0 fully saturated rings. The van der Waals surface area contributed by atoms with Crippen molar-refractivity contribution >= 4 is 27.8 Å². The first-order valence-electron chi connectivity index (χ1n) is 9.18. The summed E-state index contributed by atoms with van der Waals surface area (Å²) < 4.78 is 16.6. The topological polar surface area (TPSA) is 44.8 Å². The molecule has 0 atom stereocenters. The van der Waals surface area contributed by atoms with E-state index < -0.39 is 0 Å². The van der Waals surface area contributed by atoms with Gasteiger partial charge in [-0.1, -0.05) is 13.8 Å². The van der Waals surface area contributed by atoms with Gasteiger partial charge in [0.2, 0.25) is 0 Å². The van der Waals surface area contributed by atoms with Crippen molar-refractivity contribution < 1.29 is 19.0 Å². The summed E-state index contributed by atoms with van der Waals surface area (Å²) in [5, 5.41) is 0. The number of hydrogen-bond donors (Lipinski definition) is 0. The number of hydrogen-bond acceptors (Lipinski definition) is 4. The number of allylic oxidation sites excluding steroid dienone is 1. The van der Waals surface area contributed by atoms with Gasteiger partial charge in [0.15, 0.2) is 5.78 Å². The van der Waals surface area contributed by atoms with Crippen molar-refractivity contribution in [2.45, 2.75) is 31.2 Å². The van der Waals surface area contributed by atoms with Gasteiger partial charge in [-0.25, -0.2) is 0 Å². The average molecular weight is 382 g/mol. The molecule has 0 radical (unpaired) electrons. The van der Waals surface area contributed by atoms with Gasteiger partial charge in [0, 0.05) is 21.7 Å². The van der Waals surface area contributed by atoms with Crippen LogP contribution in [0.15, 0.2) is 54.6 Å². The fraction of sp³-hybridized carbons (Fsp3) is 0.318. The molecule has 0 bridgehead atoms. The van der Waals surface area contributed by atoms with Crippen molar-refractivity contribution in [3.8, 4) is 11.5 Å². The number of carbonyl (C=O) groups excluding carboxylic acids is 1. The molecule has 2 aromatic rings. The standard InChI is InChI=1S/C22H25O4.Al.2H/c1-5-18(6-2)26-22(17-9-13-20(25-4)14-10-17)15-21(23)16-7-11-19(24-3)12-8-16;;;/h7-15H,5-6H2,1-4H3;;;/b22-15-;;;. The second-order valence-electron chi connectivity index (χ2n) is 6.59. The molecule has 0 unspecified atom stereocenters. The van der Waals surface area contributed by atoms with Gasteiger partial charge in [0.25, 0.3) is 16.3 Å². The third-order valence-electron chi connectivity index (χ3n) is 4.86. The van der Waals surface area contributed by atoms with E-state index in [0.29, 0.717) is 11.3 Å². The Bertz CT molecular complexity index is 775. The van der Waals surface area contributed by atoms with Crippen LogP contribution in [0.4, 0.5) is 0 Å². The van der Waals surface area contributed by atoms with Gasteiger partial charge in [-0.15, -0.1) is 0 Å². The molecule has 0 spiro atoms. The summed E-state index contributed by atoms with van der Waals surface area (Å²) in [5.41, 5.74) is 1.46. The Kier molecular flexibility index (Phi) is 7.53. The van der Waals surface area contributed by atoms with Crippen LogP contribution in [0.2, 0.25) is 0 Å². The zero-order valence-electron chi connectivity index (χ0n) is 16.7. The van der Waals surface area contributed by atoms with E-state index in [1.807, 2.05) is 24.3 Å². The van der Waals surface area contributed by atoms with E-state index in [0.717, 1.165) is 46.2 Å². The Morgan fingerprint density at radius 3 is 1.74 bits per heavy atom. The summed E-state index contributed by atoms with van der Waals surface area (Å²) in [6.07, 6.45) is 3.39. The first-order valence-corrected chi connectivity index (χ1v) is 10.2. The van der Waals surface area contributed by atoms with Crippen LogP contribution in [0.5, 0.6) is 11.5 Å². The maximum absolute atomic E-state index is 12.8. The van der Waals surface area contributed by atoms with E-state index in [1.54, 1.807) is 44.6 Å². The minimum atomic E-state index is -0.202. The summed E-state index contributed by atoms with van der Waals surface area (Å²) in [5.74, 6) is 1.98. The van der Waals surface area contributed by atoms with E-state index in [4.69, 9.17) is 14.2 Å². The summed E-state index contributed by atoms with van der Waals surface area (Å²) in [4.78, 5) is 12.8. The van der Waals surface area contributed by atoms with Crippen LogP contribution in [-0.4, -0.2) is 40.8 Å². The number of benzene rings is 2. The second kappa shape index (κ2) is 9.64. The van der Waals surface area contributed by atoms with E-state index in [1.165, 1.54) is 0 Å². The molecule has 142 valence electrons. The van der Waals surface area contributed by atoms with Gasteiger partial charge in [0.05, 0.1) is 14.2 Å². The van der Waals surface area contributed by atoms with Crippen LogP contribution >= 0.6 is 0 Å². The lowest BCUT2D eigenvalue weighted by Gasteiger charge is -2.31. The van der Waals surface area contributed by atoms with Crippen molar-refractivity contribution in [1.82, 2.24) is 0 Å². The van der Waals surface area contributed by atoms with Crippen LogP contribution < -0.4 is 9.47 Å². The van der Waals surface area contributed by atoms with Gasteiger partial charge in [-0.05, 0) is 61.4 Å². The number of methoxy groups -OCH3 is 2. The predicted molar refractivity (Wildman–Crippen MR) is 111 cm³/mol. The van der Waals surface area contributed by atoms with Crippen LogP contribution in [-0.2, 0) is 4.74 Å². The van der Waals surface area contributed by atoms with Crippen molar-refractivity contribution in [3.63, 3.8) is 0 Å². The fourth-order valence-corrected chi connectivity index (χ4v) is 2.76. The molecule has 2 aromatic carbocycles. The monoisotopic (exact) mass is 382 g/mol. The van der Waals surface area contributed by atoms with Crippen molar-refractivity contribution in [2.75, 3.05) is 14.2 Å². The first-order chi connectivity index (χ1) is 12.9. The van der Waals surface area contributed by atoms with E-state index in [2.05, 4.69) is 13.8 Å². The molecule has 0 aliphatic carbocycles. The SMILES string of the molecule is CC[C]([AlH2])(CC)O/C(=C\C(=O)c1ccc(OC)cc1)c1ccc(OC)cc1. The van der Waals surface area contributed by atoms with Gasteiger partial charge in [-0.2, -0.15) is 0 Å². The lowest BCUT2D eigenvalue weighted by molar-refractivity contribution is 0.101. The van der Waals surface area contributed by atoms with E-state index >= 15 is 0 Å². The number of ketones is 1. The highest BCUT2D eigenvalue weighted by atomic mass is 27.0. The predicted octanol–water partition coefficient (Wildman–Crippen LogP) is 4.09. The first kappa shape index (κ1) is 21.1. The highest BCUT2D eigenvalue weighted by Gasteiger charge is 2.24. The van der Waals surface area contributed by atoms with Crippen molar-refractivity contribution in [3.05, 3.63) is 65.7 Å². The van der Waals surface area contributed by atoms with Crippen molar-refractivity contribution in [1.29, 1.82) is 0 Å². The lowest BCUT2D eigenvalue weighted by atomic mass is 10.1. The molecule has 0 aromatic heterocycles. The van der Waals surface area contributed by atoms with Crippen LogP contribution in [0, 0.1) is 0 Å². The molecule has 27 heavy (non-hydrogen) atoms. The molecule has 0 aliphatic heterocycles. The highest BCUT2D eigenvalue weighted by Crippen LogP contribution is 2.28. The second-order valence-corrected chi connectivity index (χ2v) is 8.41. The average Bonchev–Trinajstić information content (AvgIpc) is 2.73. The Balaban J connectivity index is 2.39. The van der Waals surface area contributed by atoms with Crippen LogP contribution in [0.1, 0.15) is 42.6 Å². The van der Waals surface area contributed by atoms with Gasteiger partial charge < -0.3 is 14.2 Å². The Morgan fingerprint density at radius 2 is 1.33 bits per heavy atom. The van der Waals surface area contributed by atoms with Gasteiger partial charge >= 0.3 is 0 Å². The highest BCUT2D eigenvalue weighted by molar-refractivity contribution is 6.15. The number of rotatable bonds is 9. The molecule has 5 heteroatoms. The summed E-state index contributed by atoms with van der Waals surface area (Å²) in [7, 11) is 3.23. The summed E-state index contributed by atoms with van der Waals surface area (Å²) >= 11 is 0.872. The molecule has 0 saturated heterocycles. The zero-order valence-corrected chi connectivity index (χ0v) is 18.7. The van der Waals surface area contributed by atoms with Gasteiger partial charge in [0.1, 0.15) is 17.3 Å². The summed E-state index contributed by atoms with van der Waals surface area (Å²) in [6, 6.07) is 14.7.